The fourth-order valence-corrected chi connectivity index (χ4v) is 3.69. The molecule has 2 fully saturated rings. The van der Waals surface area contributed by atoms with Gasteiger partial charge >= 0.3 is 0 Å². The second-order valence-corrected chi connectivity index (χ2v) is 6.75. The highest BCUT2D eigenvalue weighted by atomic mass is 16.1. The number of aromatic nitrogens is 2. The first-order valence-corrected chi connectivity index (χ1v) is 8.79. The van der Waals surface area contributed by atoms with E-state index in [1.165, 1.54) is 32.2 Å². The van der Waals surface area contributed by atoms with Crippen LogP contribution in [0.4, 0.5) is 5.82 Å². The van der Waals surface area contributed by atoms with E-state index in [0.717, 1.165) is 37.7 Å². The predicted molar refractivity (Wildman–Crippen MR) is 90.5 cm³/mol. The number of piperidine rings is 1. The highest BCUT2D eigenvalue weighted by molar-refractivity contribution is 5.91. The topological polar surface area (TPSA) is 70.2 Å². The molecular weight excluding hydrogens is 290 g/mol. The molecule has 1 aromatic rings. The zero-order valence-electron chi connectivity index (χ0n) is 13.9. The highest BCUT2D eigenvalue weighted by Crippen LogP contribution is 2.26. The zero-order valence-corrected chi connectivity index (χ0v) is 13.9. The number of anilines is 1. The van der Waals surface area contributed by atoms with Crippen molar-refractivity contribution in [1.82, 2.24) is 20.4 Å². The van der Waals surface area contributed by atoms with Crippen LogP contribution in [0.3, 0.4) is 0 Å². The average Bonchev–Trinajstić information content (AvgIpc) is 3.10. The van der Waals surface area contributed by atoms with Crippen molar-refractivity contribution in [3.8, 4) is 0 Å². The maximum atomic E-state index is 11.5. The minimum absolute atomic E-state index is 0.204. The molecule has 23 heavy (non-hydrogen) atoms. The first kappa shape index (κ1) is 16.2. The second-order valence-electron chi connectivity index (χ2n) is 6.75. The van der Waals surface area contributed by atoms with Gasteiger partial charge in [0.15, 0.2) is 5.69 Å². The maximum Gasteiger partial charge on any atom is 0.271 e. The van der Waals surface area contributed by atoms with Crippen LogP contribution in [-0.2, 0) is 0 Å². The van der Waals surface area contributed by atoms with Crippen molar-refractivity contribution in [3.05, 3.63) is 17.8 Å². The van der Waals surface area contributed by atoms with Crippen LogP contribution >= 0.6 is 0 Å². The lowest BCUT2D eigenvalue weighted by Gasteiger charge is -2.34. The third-order valence-electron chi connectivity index (χ3n) is 5.05. The summed E-state index contributed by atoms with van der Waals surface area (Å²) in [6, 6.07) is 4.00. The molecule has 126 valence electrons. The Morgan fingerprint density at radius 2 is 1.91 bits per heavy atom. The third kappa shape index (κ3) is 4.41. The number of carbonyl (C=O) groups is 1. The molecular formula is C17H27N5O. The Morgan fingerprint density at radius 3 is 2.52 bits per heavy atom. The molecule has 2 aliphatic rings. The van der Waals surface area contributed by atoms with Gasteiger partial charge in [-0.1, -0.05) is 12.8 Å². The smallest absolute Gasteiger partial charge is 0.271 e. The molecule has 2 N–H and O–H groups in total. The van der Waals surface area contributed by atoms with E-state index in [9.17, 15) is 4.79 Å². The predicted octanol–water partition coefficient (Wildman–Crippen LogP) is 1.90. The fourth-order valence-electron chi connectivity index (χ4n) is 3.69. The Kier molecular flexibility index (Phi) is 5.43. The van der Waals surface area contributed by atoms with E-state index in [0.29, 0.717) is 11.7 Å². The number of hydrogen-bond donors (Lipinski definition) is 2. The van der Waals surface area contributed by atoms with E-state index in [-0.39, 0.29) is 5.91 Å². The molecule has 6 heteroatoms. The van der Waals surface area contributed by atoms with Gasteiger partial charge in [0.05, 0.1) is 0 Å². The van der Waals surface area contributed by atoms with Crippen LogP contribution in [-0.4, -0.2) is 53.7 Å². The van der Waals surface area contributed by atoms with Gasteiger partial charge in [0, 0.05) is 32.7 Å². The number of carbonyl (C=O) groups excluding carboxylic acids is 1. The molecule has 1 aliphatic carbocycles. The largest absolute Gasteiger partial charge is 0.366 e. The minimum Gasteiger partial charge on any atom is -0.366 e. The summed E-state index contributed by atoms with van der Waals surface area (Å²) in [4.78, 5) is 14.1. The van der Waals surface area contributed by atoms with Crippen LogP contribution < -0.4 is 10.6 Å². The van der Waals surface area contributed by atoms with Crippen LogP contribution in [0.1, 0.15) is 49.0 Å². The van der Waals surface area contributed by atoms with Crippen molar-refractivity contribution in [2.75, 3.05) is 32.0 Å². The molecule has 0 radical (unpaired) electrons. The molecule has 0 spiro atoms. The lowest BCUT2D eigenvalue weighted by molar-refractivity contribution is 0.0957. The van der Waals surface area contributed by atoms with Gasteiger partial charge in [-0.15, -0.1) is 10.2 Å². The molecule has 6 nitrogen and oxygen atoms in total. The van der Waals surface area contributed by atoms with Crippen molar-refractivity contribution < 1.29 is 4.79 Å². The summed E-state index contributed by atoms with van der Waals surface area (Å²) in [6.45, 7) is 3.61. The van der Waals surface area contributed by atoms with E-state index < -0.39 is 0 Å². The first-order valence-electron chi connectivity index (χ1n) is 8.79. The van der Waals surface area contributed by atoms with Gasteiger partial charge in [0.1, 0.15) is 5.82 Å². The Morgan fingerprint density at radius 1 is 1.17 bits per heavy atom. The number of nitrogens with zero attached hydrogens (tertiary/aromatic N) is 3. The number of likely N-dealkylation sites (tertiary alicyclic amines) is 1. The number of amides is 1. The highest BCUT2D eigenvalue weighted by Gasteiger charge is 2.23. The van der Waals surface area contributed by atoms with Gasteiger partial charge in [-0.25, -0.2) is 0 Å². The molecule has 0 bridgehead atoms. The summed E-state index contributed by atoms with van der Waals surface area (Å²) in [7, 11) is 1.59. The molecule has 0 atom stereocenters. The molecule has 3 rings (SSSR count). The van der Waals surface area contributed by atoms with Crippen molar-refractivity contribution >= 4 is 11.7 Å². The van der Waals surface area contributed by atoms with Gasteiger partial charge in [-0.05, 0) is 43.7 Å². The summed E-state index contributed by atoms with van der Waals surface area (Å²) in [5, 5.41) is 14.1. The Bertz CT molecular complexity index is 504. The van der Waals surface area contributed by atoms with Crippen molar-refractivity contribution in [2.24, 2.45) is 5.92 Å². The number of hydrogen-bond acceptors (Lipinski definition) is 5. The van der Waals surface area contributed by atoms with Gasteiger partial charge in [-0.2, -0.15) is 0 Å². The molecule has 0 unspecified atom stereocenters. The van der Waals surface area contributed by atoms with Crippen LogP contribution in [0.2, 0.25) is 0 Å². The first-order chi connectivity index (χ1) is 11.2. The van der Waals surface area contributed by atoms with Crippen LogP contribution in [0.5, 0.6) is 0 Å². The lowest BCUT2D eigenvalue weighted by atomic mass is 10.0. The van der Waals surface area contributed by atoms with E-state index in [1.54, 1.807) is 13.1 Å². The molecule has 1 saturated carbocycles. The normalized spacial score (nSPS) is 20.6. The SMILES string of the molecule is CNC(=O)c1ccc(NC2CCN(CC3CCCC3)CC2)nn1. The molecule has 1 aromatic heterocycles. The number of nitrogens with one attached hydrogen (secondary N) is 2. The molecule has 1 aliphatic heterocycles. The summed E-state index contributed by atoms with van der Waals surface area (Å²) in [6.07, 6.45) is 7.98. The molecule has 1 saturated heterocycles. The Labute approximate surface area is 138 Å². The second kappa shape index (κ2) is 7.73. The maximum absolute atomic E-state index is 11.5. The van der Waals surface area contributed by atoms with Crippen molar-refractivity contribution in [2.45, 2.75) is 44.6 Å². The van der Waals surface area contributed by atoms with Gasteiger partial charge < -0.3 is 15.5 Å². The van der Waals surface area contributed by atoms with Crippen LogP contribution in [0, 0.1) is 5.92 Å². The van der Waals surface area contributed by atoms with Gasteiger partial charge in [0.2, 0.25) is 0 Å². The Hall–Kier alpha value is -1.69. The lowest BCUT2D eigenvalue weighted by Crippen LogP contribution is -2.41. The van der Waals surface area contributed by atoms with E-state index in [1.807, 2.05) is 6.07 Å². The fraction of sp³-hybridized carbons (Fsp3) is 0.706. The van der Waals surface area contributed by atoms with E-state index >= 15 is 0 Å². The monoisotopic (exact) mass is 317 g/mol. The summed E-state index contributed by atoms with van der Waals surface area (Å²) >= 11 is 0. The minimum atomic E-state index is -0.204. The van der Waals surface area contributed by atoms with E-state index in [4.69, 9.17) is 0 Å². The number of rotatable bonds is 5. The van der Waals surface area contributed by atoms with Gasteiger partial charge in [-0.3, -0.25) is 4.79 Å². The molecule has 1 amide bonds. The average molecular weight is 317 g/mol. The third-order valence-corrected chi connectivity index (χ3v) is 5.05. The van der Waals surface area contributed by atoms with Crippen molar-refractivity contribution in [3.63, 3.8) is 0 Å². The molecule has 0 aromatic carbocycles. The van der Waals surface area contributed by atoms with Crippen LogP contribution in [0.15, 0.2) is 12.1 Å². The van der Waals surface area contributed by atoms with E-state index in [2.05, 4.69) is 25.7 Å². The van der Waals surface area contributed by atoms with Crippen LogP contribution in [0.25, 0.3) is 0 Å². The Balaban J connectivity index is 1.44. The zero-order chi connectivity index (χ0) is 16.1. The summed E-state index contributed by atoms with van der Waals surface area (Å²) < 4.78 is 0. The quantitative estimate of drug-likeness (QED) is 0.868. The standard InChI is InChI=1S/C17H27N5O/c1-18-17(23)15-6-7-16(21-20-15)19-14-8-10-22(11-9-14)12-13-4-2-3-5-13/h6-7,13-14H,2-5,8-12H2,1H3,(H,18,23)(H,19,21). The summed E-state index contributed by atoms with van der Waals surface area (Å²) in [5.41, 5.74) is 0.351. The van der Waals surface area contributed by atoms with Crippen molar-refractivity contribution in [1.29, 1.82) is 0 Å². The molecule has 2 heterocycles. The summed E-state index contributed by atoms with van der Waals surface area (Å²) in [5.74, 6) is 1.48. The van der Waals surface area contributed by atoms with Gasteiger partial charge in [0.25, 0.3) is 5.91 Å².